The highest BCUT2D eigenvalue weighted by molar-refractivity contribution is 7.91. The average Bonchev–Trinajstić information content (AvgIpc) is 3.77. The minimum atomic E-state index is -3.91. The molecule has 3 atom stereocenters. The summed E-state index contributed by atoms with van der Waals surface area (Å²) in [5.41, 5.74) is 1.22. The van der Waals surface area contributed by atoms with E-state index >= 15 is 0 Å². The quantitative estimate of drug-likeness (QED) is 0.346. The van der Waals surface area contributed by atoms with Crippen LogP contribution in [0.2, 0.25) is 4.34 Å². The molecule has 0 aromatic carbocycles. The van der Waals surface area contributed by atoms with Crippen LogP contribution in [0.25, 0.3) is 9.75 Å². The molecule has 9 nitrogen and oxygen atoms in total. The molecule has 0 radical (unpaired) electrons. The number of hydrogen-bond acceptors (Lipinski definition) is 8. The third-order valence-electron chi connectivity index (χ3n) is 8.64. The van der Waals surface area contributed by atoms with E-state index in [9.17, 15) is 18.0 Å². The predicted molar refractivity (Wildman–Crippen MR) is 170 cm³/mol. The first-order chi connectivity index (χ1) is 20.8. The average molecular weight is 662 g/mol. The lowest BCUT2D eigenvalue weighted by Gasteiger charge is -2.39. The number of aromatic nitrogens is 1. The van der Waals surface area contributed by atoms with Crippen molar-refractivity contribution >= 4 is 56.1 Å². The molecular weight excluding hydrogens is 626 g/mol. The number of hydrogen-bond donors (Lipinski definition) is 1. The number of thiophene rings is 2. The number of carbonyl (C=O) groups is 2. The number of likely N-dealkylation sites (tertiary alicyclic amines) is 3. The normalized spacial score (nSPS) is 23.7. The maximum absolute atomic E-state index is 13.6. The van der Waals surface area contributed by atoms with E-state index in [2.05, 4.69) is 20.7 Å². The van der Waals surface area contributed by atoms with Crippen LogP contribution >= 0.6 is 34.3 Å². The molecule has 1 N–H and O–H groups in total. The topological polar surface area (TPSA) is 103 Å². The molecular formula is C30H36ClN5O4S3. The lowest BCUT2D eigenvalue weighted by atomic mass is 9.95. The monoisotopic (exact) mass is 661 g/mol. The van der Waals surface area contributed by atoms with Crippen molar-refractivity contribution in [2.24, 2.45) is 0 Å². The first-order valence-electron chi connectivity index (χ1n) is 14.9. The van der Waals surface area contributed by atoms with Gasteiger partial charge in [0.2, 0.25) is 11.8 Å². The smallest absolute Gasteiger partial charge is 0.250 e. The number of piperidine rings is 2. The SMILES string of the molecule is O=C1C(NS(=O)(=O)c2ccc(-c3ccc(Cl)s3)s2)CCCN1CC(=O)N1CCCC1CN1CCCCC1c1cccnc1. The number of amides is 2. The molecule has 3 aromatic rings. The van der Waals surface area contributed by atoms with E-state index in [-0.39, 0.29) is 28.6 Å². The maximum atomic E-state index is 13.6. The highest BCUT2D eigenvalue weighted by Gasteiger charge is 2.37. The van der Waals surface area contributed by atoms with Crippen molar-refractivity contribution in [1.82, 2.24) is 24.4 Å². The molecule has 230 valence electrons. The summed E-state index contributed by atoms with van der Waals surface area (Å²) in [6, 6.07) is 10.6. The predicted octanol–water partition coefficient (Wildman–Crippen LogP) is 5.01. The van der Waals surface area contributed by atoms with Crippen LogP contribution in [0.1, 0.15) is 56.6 Å². The summed E-state index contributed by atoms with van der Waals surface area (Å²) >= 11 is 8.57. The van der Waals surface area contributed by atoms with Gasteiger partial charge < -0.3 is 9.80 Å². The van der Waals surface area contributed by atoms with Crippen molar-refractivity contribution in [2.45, 2.75) is 67.3 Å². The highest BCUT2D eigenvalue weighted by atomic mass is 35.5. The summed E-state index contributed by atoms with van der Waals surface area (Å²) < 4.78 is 29.8. The van der Waals surface area contributed by atoms with Gasteiger partial charge in [0.1, 0.15) is 10.3 Å². The van der Waals surface area contributed by atoms with Crippen LogP contribution in [0.4, 0.5) is 0 Å². The molecule has 3 saturated heterocycles. The summed E-state index contributed by atoms with van der Waals surface area (Å²) in [6.45, 7) is 2.91. The molecule has 6 rings (SSSR count). The van der Waals surface area contributed by atoms with Crippen LogP contribution in [0.5, 0.6) is 0 Å². The Kier molecular flexibility index (Phi) is 9.51. The molecule has 3 fully saturated rings. The summed E-state index contributed by atoms with van der Waals surface area (Å²) in [4.78, 5) is 39.0. The standard InChI is InChI=1S/C30H36ClN5O4S3/c31-27-12-10-25(41-27)26-11-13-29(42-26)43(39,40)33-23-8-5-16-35(30(23)38)20-28(37)36-17-4-7-22(36)19-34-15-2-1-9-24(34)21-6-3-14-32-18-21/h3,6,10-14,18,22-24,33H,1-2,4-5,7-9,15-17,19-20H2. The Morgan fingerprint density at radius 1 is 0.977 bits per heavy atom. The van der Waals surface area contributed by atoms with Crippen LogP contribution < -0.4 is 4.72 Å². The summed E-state index contributed by atoms with van der Waals surface area (Å²) in [7, 11) is -3.91. The molecule has 43 heavy (non-hydrogen) atoms. The van der Waals surface area contributed by atoms with Crippen LogP contribution in [-0.4, -0.2) is 84.7 Å². The van der Waals surface area contributed by atoms with Crippen LogP contribution in [-0.2, 0) is 19.6 Å². The summed E-state index contributed by atoms with van der Waals surface area (Å²) in [6.07, 6.45) is 10.1. The first-order valence-corrected chi connectivity index (χ1v) is 18.4. The van der Waals surface area contributed by atoms with Gasteiger partial charge in [0.15, 0.2) is 0 Å². The molecule has 6 heterocycles. The lowest BCUT2D eigenvalue weighted by Crippen LogP contribution is -2.55. The molecule has 13 heteroatoms. The fourth-order valence-electron chi connectivity index (χ4n) is 6.53. The fourth-order valence-corrected chi connectivity index (χ4v) is 10.2. The minimum absolute atomic E-state index is 0.0259. The van der Waals surface area contributed by atoms with Gasteiger partial charge in [-0.25, -0.2) is 8.42 Å². The van der Waals surface area contributed by atoms with Gasteiger partial charge in [0, 0.05) is 53.9 Å². The molecule has 3 aliphatic rings. The van der Waals surface area contributed by atoms with Crippen molar-refractivity contribution < 1.29 is 18.0 Å². The van der Waals surface area contributed by atoms with Gasteiger partial charge in [-0.2, -0.15) is 4.72 Å². The number of pyridine rings is 1. The van der Waals surface area contributed by atoms with E-state index in [4.69, 9.17) is 11.6 Å². The summed E-state index contributed by atoms with van der Waals surface area (Å²) in [5.74, 6) is -0.403. The third-order valence-corrected chi connectivity index (χ3v) is 13.1. The Morgan fingerprint density at radius 3 is 2.58 bits per heavy atom. The van der Waals surface area contributed by atoms with E-state index in [1.807, 2.05) is 23.2 Å². The van der Waals surface area contributed by atoms with Crippen molar-refractivity contribution in [3.63, 3.8) is 0 Å². The van der Waals surface area contributed by atoms with E-state index in [0.29, 0.717) is 36.3 Å². The second kappa shape index (κ2) is 13.3. The second-order valence-electron chi connectivity index (χ2n) is 11.5. The van der Waals surface area contributed by atoms with Crippen LogP contribution in [0.15, 0.2) is 53.0 Å². The fraction of sp³-hybridized carbons (Fsp3) is 0.500. The van der Waals surface area contributed by atoms with Gasteiger partial charge in [-0.15, -0.1) is 22.7 Å². The number of nitrogens with one attached hydrogen (secondary N) is 1. The zero-order chi connectivity index (χ0) is 30.0. The number of carbonyl (C=O) groups excluding carboxylic acids is 2. The lowest BCUT2D eigenvalue weighted by molar-refractivity contribution is -0.143. The molecule has 3 unspecified atom stereocenters. The Bertz CT molecular complexity index is 1550. The zero-order valence-corrected chi connectivity index (χ0v) is 27.1. The largest absolute Gasteiger partial charge is 0.337 e. The first kappa shape index (κ1) is 30.7. The Labute approximate surface area is 265 Å². The zero-order valence-electron chi connectivity index (χ0n) is 23.9. The number of halogens is 1. The maximum Gasteiger partial charge on any atom is 0.250 e. The van der Waals surface area contributed by atoms with Crippen molar-refractivity contribution in [3.05, 3.63) is 58.7 Å². The molecule has 2 amide bonds. The van der Waals surface area contributed by atoms with E-state index in [1.165, 1.54) is 28.2 Å². The van der Waals surface area contributed by atoms with E-state index in [0.717, 1.165) is 59.9 Å². The molecule has 0 saturated carbocycles. The van der Waals surface area contributed by atoms with E-state index in [1.54, 1.807) is 24.4 Å². The van der Waals surface area contributed by atoms with Gasteiger partial charge in [0.25, 0.3) is 10.0 Å². The van der Waals surface area contributed by atoms with Gasteiger partial charge >= 0.3 is 0 Å². The third kappa shape index (κ3) is 6.99. The van der Waals surface area contributed by atoms with Crippen LogP contribution in [0.3, 0.4) is 0 Å². The molecule has 0 aliphatic carbocycles. The molecule has 0 bridgehead atoms. The molecule has 3 aliphatic heterocycles. The van der Waals surface area contributed by atoms with Crippen molar-refractivity contribution in [2.75, 3.05) is 32.7 Å². The minimum Gasteiger partial charge on any atom is -0.337 e. The number of nitrogens with zero attached hydrogens (tertiary/aromatic N) is 4. The van der Waals surface area contributed by atoms with Gasteiger partial charge in [-0.3, -0.25) is 19.5 Å². The van der Waals surface area contributed by atoms with Crippen LogP contribution in [0, 0.1) is 0 Å². The Morgan fingerprint density at radius 2 is 1.79 bits per heavy atom. The summed E-state index contributed by atoms with van der Waals surface area (Å²) in [5, 5.41) is 0. The Balaban J connectivity index is 1.07. The van der Waals surface area contributed by atoms with E-state index < -0.39 is 16.1 Å². The van der Waals surface area contributed by atoms with Gasteiger partial charge in [-0.1, -0.05) is 24.1 Å². The van der Waals surface area contributed by atoms with Crippen molar-refractivity contribution in [1.29, 1.82) is 0 Å². The molecule has 0 spiro atoms. The highest BCUT2D eigenvalue weighted by Crippen LogP contribution is 2.37. The Hall–Kier alpha value is -2.35. The van der Waals surface area contributed by atoms with Gasteiger partial charge in [0.05, 0.1) is 10.9 Å². The van der Waals surface area contributed by atoms with Gasteiger partial charge in [-0.05, 0) is 81.0 Å². The molecule has 3 aromatic heterocycles. The van der Waals surface area contributed by atoms with Crippen molar-refractivity contribution in [3.8, 4) is 9.75 Å². The second-order valence-corrected chi connectivity index (χ2v) is 16.2. The number of rotatable bonds is 9. The number of sulfonamides is 1.